The van der Waals surface area contributed by atoms with Crippen molar-refractivity contribution in [2.45, 2.75) is 143 Å². The molecule has 0 amide bonds. The molecule has 0 heterocycles. The molecule has 3 heteroatoms. The minimum Gasteiger partial charge on any atom is -0.390 e. The first kappa shape index (κ1) is 29.7. The third-order valence-corrected chi connectivity index (χ3v) is 10.1. The maximum Gasteiger partial charge on any atom is 0.166 e. The highest BCUT2D eigenvalue weighted by Crippen LogP contribution is 2.64. The Bertz CT molecular complexity index is 826. The molecule has 206 valence electrons. The van der Waals surface area contributed by atoms with E-state index in [1.807, 2.05) is 13.8 Å². The Kier molecular flexibility index (Phi) is 9.44. The van der Waals surface area contributed by atoms with Gasteiger partial charge in [-0.25, -0.2) is 0 Å². The molecule has 4 atom stereocenters. The van der Waals surface area contributed by atoms with Crippen molar-refractivity contribution in [1.29, 1.82) is 0 Å². The second kappa shape index (κ2) is 11.5. The summed E-state index contributed by atoms with van der Waals surface area (Å²) in [4.78, 5) is 0. The lowest BCUT2D eigenvalue weighted by molar-refractivity contribution is -0.166. The second-order valence-corrected chi connectivity index (χ2v) is 14.3. The predicted molar refractivity (Wildman–Crippen MR) is 151 cm³/mol. The molecule has 3 nitrogen and oxygen atoms in total. The molecule has 3 saturated carbocycles. The molecule has 0 bridgehead atoms. The fourth-order valence-electron chi connectivity index (χ4n) is 8.11. The van der Waals surface area contributed by atoms with Crippen molar-refractivity contribution in [1.82, 2.24) is 0 Å². The summed E-state index contributed by atoms with van der Waals surface area (Å²) in [5.41, 5.74) is 3.68. The average molecular weight is 501 g/mol. The average Bonchev–Trinajstić information content (AvgIpc) is 3.11. The van der Waals surface area contributed by atoms with Crippen molar-refractivity contribution in [2.75, 3.05) is 0 Å². The van der Waals surface area contributed by atoms with E-state index in [9.17, 15) is 15.3 Å². The second-order valence-electron chi connectivity index (χ2n) is 14.3. The van der Waals surface area contributed by atoms with Crippen molar-refractivity contribution < 1.29 is 15.3 Å². The topological polar surface area (TPSA) is 60.7 Å². The molecule has 1 unspecified atom stereocenters. The van der Waals surface area contributed by atoms with E-state index in [0.29, 0.717) is 35.5 Å². The lowest BCUT2D eigenvalue weighted by atomic mass is 9.55. The van der Waals surface area contributed by atoms with Crippen molar-refractivity contribution in [3.8, 4) is 0 Å². The van der Waals surface area contributed by atoms with E-state index < -0.39 is 11.4 Å². The highest BCUT2D eigenvalue weighted by Gasteiger charge is 2.54. The lowest BCUT2D eigenvalue weighted by Gasteiger charge is -2.50. The van der Waals surface area contributed by atoms with Gasteiger partial charge < -0.3 is 15.3 Å². The Morgan fingerprint density at radius 1 is 1.00 bits per heavy atom. The van der Waals surface area contributed by atoms with Crippen LogP contribution in [0.2, 0.25) is 0 Å². The van der Waals surface area contributed by atoms with Crippen LogP contribution in [0.3, 0.4) is 0 Å². The van der Waals surface area contributed by atoms with Crippen LogP contribution in [0.25, 0.3) is 0 Å². The third kappa shape index (κ3) is 7.35. The summed E-state index contributed by atoms with van der Waals surface area (Å²) >= 11 is 0. The number of fused-ring (bicyclic) bond motifs is 1. The molecule has 3 aliphatic carbocycles. The van der Waals surface area contributed by atoms with Gasteiger partial charge in [0.2, 0.25) is 0 Å². The van der Waals surface area contributed by atoms with E-state index in [1.54, 1.807) is 5.57 Å². The van der Waals surface area contributed by atoms with E-state index in [2.05, 4.69) is 46.4 Å². The number of rotatable bonds is 10. The van der Waals surface area contributed by atoms with Crippen LogP contribution in [0.4, 0.5) is 0 Å². The highest BCUT2D eigenvalue weighted by molar-refractivity contribution is 5.37. The van der Waals surface area contributed by atoms with Gasteiger partial charge in [0, 0.05) is 12.8 Å². The Morgan fingerprint density at radius 3 is 2.36 bits per heavy atom. The number of allylic oxidation sites excluding steroid dienone is 4. The third-order valence-electron chi connectivity index (χ3n) is 10.1. The zero-order valence-electron chi connectivity index (χ0n) is 24.3. The van der Waals surface area contributed by atoms with Gasteiger partial charge in [-0.3, -0.25) is 0 Å². The molecule has 3 rings (SSSR count). The first-order chi connectivity index (χ1) is 16.7. The Hall–Kier alpha value is -0.900. The standard InChI is InChI=1S/C33H56O3/c1-24(2)11-8-19-31(6,20-10-18-30(4,5)34)29-16-15-28-26(12-9-21-32(28,29)7)13-14-27-23-33(35,36)22-17-25(27)3/h13-14,24,28-29,34-36H,3,8-12,15-23H2,1-2,4-7H3/t28?,29-,31-,32+/m1/s1. The molecular weight excluding hydrogens is 444 g/mol. The molecule has 0 aromatic carbocycles. The van der Waals surface area contributed by atoms with Gasteiger partial charge in [-0.2, -0.15) is 0 Å². The van der Waals surface area contributed by atoms with Crippen LogP contribution < -0.4 is 0 Å². The molecule has 0 radical (unpaired) electrons. The highest BCUT2D eigenvalue weighted by atomic mass is 16.5. The molecule has 0 aromatic rings. The molecule has 0 spiro atoms. The minimum absolute atomic E-state index is 0.287. The predicted octanol–water partition coefficient (Wildman–Crippen LogP) is 8.25. The van der Waals surface area contributed by atoms with Crippen molar-refractivity contribution in [2.24, 2.45) is 28.6 Å². The Morgan fingerprint density at radius 2 is 1.69 bits per heavy atom. The number of hydrogen-bond acceptors (Lipinski definition) is 3. The summed E-state index contributed by atoms with van der Waals surface area (Å²) in [6.45, 7) is 17.9. The first-order valence-electron chi connectivity index (χ1n) is 14.9. The summed E-state index contributed by atoms with van der Waals surface area (Å²) in [5.74, 6) is 0.497. The zero-order chi connectivity index (χ0) is 26.8. The fraction of sp³-hybridized carbons (Fsp3) is 0.818. The maximum absolute atomic E-state index is 10.4. The summed E-state index contributed by atoms with van der Waals surface area (Å²) < 4.78 is 0. The van der Waals surface area contributed by atoms with Gasteiger partial charge in [-0.1, -0.05) is 76.8 Å². The largest absolute Gasteiger partial charge is 0.390 e. The number of aliphatic hydroxyl groups is 3. The molecule has 0 aromatic heterocycles. The van der Waals surface area contributed by atoms with Crippen LogP contribution in [-0.2, 0) is 0 Å². The number of hydrogen-bond donors (Lipinski definition) is 3. The van der Waals surface area contributed by atoms with Gasteiger partial charge in [0.1, 0.15) is 0 Å². The quantitative estimate of drug-likeness (QED) is 0.265. The van der Waals surface area contributed by atoms with Crippen molar-refractivity contribution >= 4 is 0 Å². The van der Waals surface area contributed by atoms with E-state index in [-0.39, 0.29) is 6.42 Å². The molecule has 3 fully saturated rings. The normalized spacial score (nSPS) is 32.8. The van der Waals surface area contributed by atoms with E-state index >= 15 is 0 Å². The van der Waals surface area contributed by atoms with Gasteiger partial charge in [-0.05, 0) is 106 Å². The lowest BCUT2D eigenvalue weighted by Crippen LogP contribution is -2.41. The van der Waals surface area contributed by atoms with Gasteiger partial charge >= 0.3 is 0 Å². The van der Waals surface area contributed by atoms with Gasteiger partial charge in [0.25, 0.3) is 0 Å². The summed E-state index contributed by atoms with van der Waals surface area (Å²) in [6.07, 6.45) is 19.2. The molecular formula is C33H56O3. The monoisotopic (exact) mass is 500 g/mol. The summed E-state index contributed by atoms with van der Waals surface area (Å²) in [7, 11) is 0. The van der Waals surface area contributed by atoms with Crippen LogP contribution in [0.5, 0.6) is 0 Å². The van der Waals surface area contributed by atoms with E-state index in [1.165, 1.54) is 51.4 Å². The zero-order valence-corrected chi connectivity index (χ0v) is 24.3. The minimum atomic E-state index is -1.59. The Labute approximate surface area is 222 Å². The molecule has 36 heavy (non-hydrogen) atoms. The van der Waals surface area contributed by atoms with Gasteiger partial charge in [0.15, 0.2) is 5.79 Å². The molecule has 3 N–H and O–H groups in total. The fourth-order valence-corrected chi connectivity index (χ4v) is 8.11. The smallest absolute Gasteiger partial charge is 0.166 e. The van der Waals surface area contributed by atoms with Crippen LogP contribution in [-0.4, -0.2) is 26.7 Å². The van der Waals surface area contributed by atoms with Crippen LogP contribution in [0.1, 0.15) is 131 Å². The first-order valence-corrected chi connectivity index (χ1v) is 14.9. The van der Waals surface area contributed by atoms with Crippen LogP contribution in [0, 0.1) is 28.6 Å². The molecule has 3 aliphatic rings. The SMILES string of the molecule is C=C1CCC(O)(O)CC1=CC=C1CCC[C@@]2(C)C1CC[C@@H]2[C@](C)(CCCC(C)C)CCCC(C)(C)O. The van der Waals surface area contributed by atoms with Crippen molar-refractivity contribution in [3.05, 3.63) is 35.5 Å². The molecule has 0 aliphatic heterocycles. The summed E-state index contributed by atoms with van der Waals surface area (Å²) in [5, 5.41) is 30.7. The van der Waals surface area contributed by atoms with E-state index in [4.69, 9.17) is 0 Å². The van der Waals surface area contributed by atoms with Crippen LogP contribution >= 0.6 is 0 Å². The van der Waals surface area contributed by atoms with Crippen LogP contribution in [0.15, 0.2) is 35.5 Å². The van der Waals surface area contributed by atoms with E-state index in [0.717, 1.165) is 36.3 Å². The van der Waals surface area contributed by atoms with Crippen molar-refractivity contribution in [3.63, 3.8) is 0 Å². The molecule has 0 saturated heterocycles. The summed E-state index contributed by atoms with van der Waals surface area (Å²) in [6, 6.07) is 0. The maximum atomic E-state index is 10.4. The van der Waals surface area contributed by atoms with Gasteiger partial charge in [-0.15, -0.1) is 0 Å². The Balaban J connectivity index is 1.82. The van der Waals surface area contributed by atoms with Gasteiger partial charge in [0.05, 0.1) is 5.60 Å².